The summed E-state index contributed by atoms with van der Waals surface area (Å²) in [5.74, 6) is 0.618. The first-order valence-electron chi connectivity index (χ1n) is 6.70. The van der Waals surface area contributed by atoms with E-state index in [4.69, 9.17) is 0 Å². The van der Waals surface area contributed by atoms with Crippen LogP contribution in [0.3, 0.4) is 0 Å². The van der Waals surface area contributed by atoms with E-state index in [0.29, 0.717) is 16.9 Å². The molecule has 0 fully saturated rings. The molecule has 0 aliphatic rings. The van der Waals surface area contributed by atoms with Gasteiger partial charge in [0, 0.05) is 6.54 Å². The fourth-order valence-corrected chi connectivity index (χ4v) is 2.32. The predicted octanol–water partition coefficient (Wildman–Crippen LogP) is 2.06. The summed E-state index contributed by atoms with van der Waals surface area (Å²) in [6.07, 6.45) is 3.54. The van der Waals surface area contributed by atoms with Crippen LogP contribution in [0.1, 0.15) is 17.8 Å². The number of H-pyrrole nitrogens is 1. The van der Waals surface area contributed by atoms with Gasteiger partial charge in [0.25, 0.3) is 5.56 Å². The number of benzene rings is 1. The van der Waals surface area contributed by atoms with Crippen LogP contribution in [-0.2, 0) is 13.0 Å². The monoisotopic (exact) mass is 268 g/mol. The second-order valence-corrected chi connectivity index (χ2v) is 4.85. The number of aromatic amines is 1. The molecule has 0 saturated heterocycles. The molecule has 0 radical (unpaired) electrons. The van der Waals surface area contributed by atoms with Crippen LogP contribution in [0.25, 0.3) is 11.0 Å². The first-order chi connectivity index (χ1) is 9.74. The molecule has 0 aliphatic carbocycles. The molecule has 3 aromatic rings. The van der Waals surface area contributed by atoms with Crippen LogP contribution in [0.4, 0.5) is 0 Å². The van der Waals surface area contributed by atoms with Gasteiger partial charge < -0.3 is 4.98 Å². The van der Waals surface area contributed by atoms with Crippen LogP contribution in [-0.4, -0.2) is 19.7 Å². The second kappa shape index (κ2) is 5.28. The van der Waals surface area contributed by atoms with E-state index in [1.54, 1.807) is 17.8 Å². The SMILES string of the molecule is Cc1nc2c(cnn2CCCc2ccccc2)c(=O)[nH]1. The van der Waals surface area contributed by atoms with Crippen molar-refractivity contribution < 1.29 is 0 Å². The maximum atomic E-state index is 11.8. The Hall–Kier alpha value is -2.43. The minimum Gasteiger partial charge on any atom is -0.310 e. The normalized spacial score (nSPS) is 11.1. The average molecular weight is 268 g/mol. The zero-order chi connectivity index (χ0) is 13.9. The van der Waals surface area contributed by atoms with E-state index in [1.807, 2.05) is 18.2 Å². The highest BCUT2D eigenvalue weighted by Gasteiger charge is 2.08. The van der Waals surface area contributed by atoms with Crippen molar-refractivity contribution in [1.82, 2.24) is 19.7 Å². The van der Waals surface area contributed by atoms with Gasteiger partial charge in [-0.05, 0) is 25.3 Å². The third-order valence-electron chi connectivity index (χ3n) is 3.30. The van der Waals surface area contributed by atoms with Gasteiger partial charge in [-0.3, -0.25) is 4.79 Å². The summed E-state index contributed by atoms with van der Waals surface area (Å²) in [6.45, 7) is 2.54. The van der Waals surface area contributed by atoms with Crippen LogP contribution >= 0.6 is 0 Å². The minimum absolute atomic E-state index is 0.123. The lowest BCUT2D eigenvalue weighted by atomic mass is 10.1. The molecule has 2 heterocycles. The van der Waals surface area contributed by atoms with Gasteiger partial charge in [-0.1, -0.05) is 30.3 Å². The minimum atomic E-state index is -0.123. The molecule has 0 unspecified atom stereocenters. The first-order valence-corrected chi connectivity index (χ1v) is 6.70. The van der Waals surface area contributed by atoms with Crippen molar-refractivity contribution >= 4 is 11.0 Å². The van der Waals surface area contributed by atoms with Crippen LogP contribution in [0, 0.1) is 6.92 Å². The average Bonchev–Trinajstić information content (AvgIpc) is 2.83. The van der Waals surface area contributed by atoms with Gasteiger partial charge in [0.1, 0.15) is 11.2 Å². The van der Waals surface area contributed by atoms with Crippen molar-refractivity contribution in [3.05, 3.63) is 58.3 Å². The number of aromatic nitrogens is 4. The number of hydrogen-bond acceptors (Lipinski definition) is 3. The molecule has 1 aromatic carbocycles. The molecule has 102 valence electrons. The Labute approximate surface area is 116 Å². The lowest BCUT2D eigenvalue weighted by Gasteiger charge is -2.04. The van der Waals surface area contributed by atoms with Gasteiger partial charge >= 0.3 is 0 Å². The van der Waals surface area contributed by atoms with Gasteiger partial charge in [-0.15, -0.1) is 0 Å². The van der Waals surface area contributed by atoms with E-state index in [2.05, 4.69) is 27.2 Å². The molecule has 3 rings (SSSR count). The molecular weight excluding hydrogens is 252 g/mol. The van der Waals surface area contributed by atoms with Crippen molar-refractivity contribution in [1.29, 1.82) is 0 Å². The van der Waals surface area contributed by atoms with Gasteiger partial charge in [0.2, 0.25) is 0 Å². The largest absolute Gasteiger partial charge is 0.310 e. The predicted molar refractivity (Wildman–Crippen MR) is 77.6 cm³/mol. The van der Waals surface area contributed by atoms with E-state index in [9.17, 15) is 4.79 Å². The molecule has 2 aromatic heterocycles. The van der Waals surface area contributed by atoms with Crippen molar-refractivity contribution in [3.63, 3.8) is 0 Å². The molecule has 5 heteroatoms. The van der Waals surface area contributed by atoms with E-state index in [1.165, 1.54) is 5.56 Å². The molecule has 0 aliphatic heterocycles. The van der Waals surface area contributed by atoms with Crippen LogP contribution in [0.15, 0.2) is 41.3 Å². The molecule has 0 bridgehead atoms. The Morgan fingerprint density at radius 3 is 2.85 bits per heavy atom. The Balaban J connectivity index is 1.77. The van der Waals surface area contributed by atoms with E-state index < -0.39 is 0 Å². The van der Waals surface area contributed by atoms with Crippen LogP contribution in [0.2, 0.25) is 0 Å². The molecule has 5 nitrogen and oxygen atoms in total. The van der Waals surface area contributed by atoms with Crippen LogP contribution in [0.5, 0.6) is 0 Å². The Morgan fingerprint density at radius 2 is 2.05 bits per heavy atom. The standard InChI is InChI=1S/C15H16N4O/c1-11-17-14-13(15(20)18-11)10-16-19(14)9-5-8-12-6-3-2-4-7-12/h2-4,6-7,10H,5,8-9H2,1H3,(H,17,18,20). The summed E-state index contributed by atoms with van der Waals surface area (Å²) < 4.78 is 1.81. The van der Waals surface area contributed by atoms with Gasteiger partial charge in [-0.25, -0.2) is 9.67 Å². The summed E-state index contributed by atoms with van der Waals surface area (Å²) in [5, 5.41) is 4.81. The first kappa shape index (κ1) is 12.6. The molecule has 1 N–H and O–H groups in total. The number of rotatable bonds is 4. The summed E-state index contributed by atoms with van der Waals surface area (Å²) in [5.41, 5.74) is 1.85. The number of nitrogens with zero attached hydrogens (tertiary/aromatic N) is 3. The highest BCUT2D eigenvalue weighted by molar-refractivity contribution is 5.72. The molecule has 0 atom stereocenters. The summed E-state index contributed by atoms with van der Waals surface area (Å²) in [6, 6.07) is 10.3. The van der Waals surface area contributed by atoms with Crippen molar-refractivity contribution in [2.45, 2.75) is 26.3 Å². The van der Waals surface area contributed by atoms with E-state index in [0.717, 1.165) is 19.4 Å². The topological polar surface area (TPSA) is 63.6 Å². The van der Waals surface area contributed by atoms with Crippen molar-refractivity contribution in [2.24, 2.45) is 0 Å². The molecule has 0 saturated carbocycles. The number of hydrogen-bond donors (Lipinski definition) is 1. The highest BCUT2D eigenvalue weighted by Crippen LogP contribution is 2.09. The van der Waals surface area contributed by atoms with Crippen LogP contribution < -0.4 is 5.56 Å². The number of nitrogens with one attached hydrogen (secondary N) is 1. The number of aryl methyl sites for hydroxylation is 3. The Kier molecular flexibility index (Phi) is 3.33. The Morgan fingerprint density at radius 1 is 1.25 bits per heavy atom. The Bertz CT molecular complexity index is 773. The van der Waals surface area contributed by atoms with Crippen molar-refractivity contribution in [3.8, 4) is 0 Å². The molecule has 0 amide bonds. The zero-order valence-electron chi connectivity index (χ0n) is 11.3. The van der Waals surface area contributed by atoms with Gasteiger partial charge in [0.05, 0.1) is 6.20 Å². The third kappa shape index (κ3) is 2.47. The fraction of sp³-hybridized carbons (Fsp3) is 0.267. The summed E-state index contributed by atoms with van der Waals surface area (Å²) >= 11 is 0. The lowest BCUT2D eigenvalue weighted by molar-refractivity contribution is 0.591. The zero-order valence-corrected chi connectivity index (χ0v) is 11.3. The van der Waals surface area contributed by atoms with Crippen molar-refractivity contribution in [2.75, 3.05) is 0 Å². The highest BCUT2D eigenvalue weighted by atomic mass is 16.1. The van der Waals surface area contributed by atoms with E-state index >= 15 is 0 Å². The lowest BCUT2D eigenvalue weighted by Crippen LogP contribution is -2.10. The van der Waals surface area contributed by atoms with Gasteiger partial charge in [-0.2, -0.15) is 5.10 Å². The quantitative estimate of drug-likeness (QED) is 0.787. The summed E-state index contributed by atoms with van der Waals surface area (Å²) in [7, 11) is 0. The smallest absolute Gasteiger partial charge is 0.262 e. The van der Waals surface area contributed by atoms with E-state index in [-0.39, 0.29) is 5.56 Å². The maximum absolute atomic E-state index is 11.8. The summed E-state index contributed by atoms with van der Waals surface area (Å²) in [4.78, 5) is 18.8. The fourth-order valence-electron chi connectivity index (χ4n) is 2.32. The second-order valence-electron chi connectivity index (χ2n) is 4.85. The molecule has 0 spiro atoms. The maximum Gasteiger partial charge on any atom is 0.262 e. The molecule has 20 heavy (non-hydrogen) atoms. The van der Waals surface area contributed by atoms with Gasteiger partial charge in [0.15, 0.2) is 5.65 Å². The number of fused-ring (bicyclic) bond motifs is 1. The molecular formula is C15H16N4O. The third-order valence-corrected chi connectivity index (χ3v) is 3.30.